The van der Waals surface area contributed by atoms with E-state index < -0.39 is 6.09 Å². The number of hydrogen-bond donors (Lipinski definition) is 1. The molecule has 0 heterocycles. The number of ether oxygens (including phenoxy) is 1. The van der Waals surface area contributed by atoms with Crippen LogP contribution in [0.25, 0.3) is 0 Å². The second kappa shape index (κ2) is 9.36. The average Bonchev–Trinajstić information content (AvgIpc) is 2.16. The molecule has 0 saturated carbocycles. The van der Waals surface area contributed by atoms with Gasteiger partial charge in [-0.2, -0.15) is 0 Å². The van der Waals surface area contributed by atoms with Crippen molar-refractivity contribution in [1.82, 2.24) is 5.32 Å². The monoisotopic (exact) mass is 186 g/mol. The summed E-state index contributed by atoms with van der Waals surface area (Å²) in [6.45, 7) is 2.90. The van der Waals surface area contributed by atoms with Crippen LogP contribution in [-0.4, -0.2) is 12.6 Å². The zero-order chi connectivity index (χ0) is 9.94. The molecule has 0 saturated heterocycles. The van der Waals surface area contributed by atoms with Crippen LogP contribution < -0.4 is 5.32 Å². The zero-order valence-electron chi connectivity index (χ0n) is 8.47. The molecule has 0 bridgehead atoms. The van der Waals surface area contributed by atoms with Gasteiger partial charge in [0.25, 0.3) is 0 Å². The lowest BCUT2D eigenvalue weighted by Gasteiger charge is -2.02. The molecule has 0 aromatic heterocycles. The van der Waals surface area contributed by atoms with Crippen LogP contribution in [0.2, 0.25) is 0 Å². The maximum Gasteiger partial charge on any atom is 0.407 e. The van der Waals surface area contributed by atoms with Crippen LogP contribution in [-0.2, 0) is 4.74 Å². The Morgan fingerprint density at radius 2 is 1.85 bits per heavy atom. The molecule has 0 aliphatic carbocycles. The summed E-state index contributed by atoms with van der Waals surface area (Å²) in [7, 11) is 3.01. The van der Waals surface area contributed by atoms with Crippen molar-refractivity contribution >= 4 is 6.09 Å². The Hall–Kier alpha value is -0.730. The van der Waals surface area contributed by atoms with E-state index in [-0.39, 0.29) is 0 Å². The molecule has 0 aromatic rings. The molecule has 77 valence electrons. The van der Waals surface area contributed by atoms with Gasteiger partial charge in [0, 0.05) is 6.54 Å². The molecule has 0 fully saturated rings. The van der Waals surface area contributed by atoms with Gasteiger partial charge in [0.2, 0.25) is 0 Å². The van der Waals surface area contributed by atoms with Gasteiger partial charge in [0.1, 0.15) is 7.11 Å². The second-order valence-corrected chi connectivity index (χ2v) is 3.13. The molecule has 3 heteroatoms. The molecule has 0 aliphatic heterocycles. The molecular weight excluding hydrogens is 166 g/mol. The fraction of sp³-hybridized carbons (Fsp3) is 0.800. The van der Waals surface area contributed by atoms with E-state index in [4.69, 9.17) is 0 Å². The van der Waals surface area contributed by atoms with Crippen LogP contribution in [0.3, 0.4) is 0 Å². The summed E-state index contributed by atoms with van der Waals surface area (Å²) in [5, 5.41) is 2.60. The van der Waals surface area contributed by atoms with Crippen molar-refractivity contribution < 1.29 is 9.53 Å². The molecule has 1 N–H and O–H groups in total. The summed E-state index contributed by atoms with van der Waals surface area (Å²) in [5.41, 5.74) is 0. The summed E-state index contributed by atoms with van der Waals surface area (Å²) in [4.78, 5) is 10.6. The largest absolute Gasteiger partial charge is 0.446 e. The summed E-state index contributed by atoms with van der Waals surface area (Å²) >= 11 is 0. The quantitative estimate of drug-likeness (QED) is 0.621. The topological polar surface area (TPSA) is 38.3 Å². The van der Waals surface area contributed by atoms with E-state index in [1.165, 1.54) is 32.1 Å². The predicted octanol–water partition coefficient (Wildman–Crippen LogP) is 2.86. The maximum atomic E-state index is 10.6. The van der Waals surface area contributed by atoms with Crippen LogP contribution in [0.15, 0.2) is 0 Å². The van der Waals surface area contributed by atoms with Crippen molar-refractivity contribution in [3.05, 3.63) is 7.11 Å². The van der Waals surface area contributed by atoms with E-state index in [1.807, 2.05) is 0 Å². The highest BCUT2D eigenvalue weighted by molar-refractivity contribution is 5.67. The van der Waals surface area contributed by atoms with Gasteiger partial charge in [-0.15, -0.1) is 0 Å². The van der Waals surface area contributed by atoms with Crippen molar-refractivity contribution in [3.8, 4) is 0 Å². The first-order valence-electron chi connectivity index (χ1n) is 5.01. The van der Waals surface area contributed by atoms with Gasteiger partial charge in [-0.3, -0.25) is 0 Å². The number of amides is 1. The molecule has 0 aromatic carbocycles. The zero-order valence-corrected chi connectivity index (χ0v) is 8.47. The van der Waals surface area contributed by atoms with E-state index >= 15 is 0 Å². The first-order valence-corrected chi connectivity index (χ1v) is 5.01. The Bertz CT molecular complexity index is 126. The minimum atomic E-state index is -0.437. The van der Waals surface area contributed by atoms with Crippen molar-refractivity contribution in [3.63, 3.8) is 0 Å². The van der Waals surface area contributed by atoms with Gasteiger partial charge < -0.3 is 10.1 Å². The number of hydrogen-bond acceptors (Lipinski definition) is 2. The number of unbranched alkanes of at least 4 members (excludes halogenated alkanes) is 5. The fourth-order valence-electron chi connectivity index (χ4n) is 1.15. The summed E-state index contributed by atoms with van der Waals surface area (Å²) in [5.74, 6) is 0. The lowest BCUT2D eigenvalue weighted by Crippen LogP contribution is -2.23. The summed E-state index contributed by atoms with van der Waals surface area (Å²) in [6, 6.07) is 0. The van der Waals surface area contributed by atoms with Gasteiger partial charge in [0.05, 0.1) is 0 Å². The summed E-state index contributed by atoms with van der Waals surface area (Å²) in [6.07, 6.45) is 6.91. The highest BCUT2D eigenvalue weighted by Gasteiger charge is 1.95. The highest BCUT2D eigenvalue weighted by atomic mass is 16.5. The van der Waals surface area contributed by atoms with Gasteiger partial charge in [-0.05, 0) is 6.42 Å². The van der Waals surface area contributed by atoms with E-state index in [0.29, 0.717) is 6.54 Å². The number of alkyl carbamates (subject to hydrolysis) is 1. The van der Waals surface area contributed by atoms with E-state index in [0.717, 1.165) is 6.42 Å². The minimum absolute atomic E-state index is 0.437. The molecule has 0 atom stereocenters. The molecule has 13 heavy (non-hydrogen) atoms. The van der Waals surface area contributed by atoms with E-state index in [2.05, 4.69) is 24.1 Å². The number of carbonyl (C=O) groups is 1. The summed E-state index contributed by atoms with van der Waals surface area (Å²) < 4.78 is 4.20. The predicted molar refractivity (Wildman–Crippen MR) is 53.2 cm³/mol. The third-order valence-corrected chi connectivity index (χ3v) is 1.93. The molecule has 3 nitrogen and oxygen atoms in total. The Morgan fingerprint density at radius 3 is 2.46 bits per heavy atom. The third kappa shape index (κ3) is 9.18. The molecule has 0 aliphatic rings. The Kier molecular flexibility index (Phi) is 8.83. The van der Waals surface area contributed by atoms with Crippen LogP contribution in [0.1, 0.15) is 45.4 Å². The van der Waals surface area contributed by atoms with Crippen LogP contribution >= 0.6 is 0 Å². The molecule has 0 rings (SSSR count). The fourth-order valence-corrected chi connectivity index (χ4v) is 1.15. The van der Waals surface area contributed by atoms with Crippen LogP contribution in [0.4, 0.5) is 4.79 Å². The minimum Gasteiger partial charge on any atom is -0.446 e. The average molecular weight is 186 g/mol. The van der Waals surface area contributed by atoms with Gasteiger partial charge in [0.15, 0.2) is 0 Å². The Morgan fingerprint density at radius 1 is 1.23 bits per heavy atom. The van der Waals surface area contributed by atoms with Gasteiger partial charge in [-0.1, -0.05) is 39.0 Å². The molecule has 1 amide bonds. The van der Waals surface area contributed by atoms with Crippen molar-refractivity contribution in [2.24, 2.45) is 0 Å². The highest BCUT2D eigenvalue weighted by Crippen LogP contribution is 2.03. The number of rotatable bonds is 7. The second-order valence-electron chi connectivity index (χ2n) is 3.13. The van der Waals surface area contributed by atoms with E-state index in [9.17, 15) is 4.79 Å². The first kappa shape index (κ1) is 12.3. The van der Waals surface area contributed by atoms with E-state index in [1.54, 1.807) is 0 Å². The lowest BCUT2D eigenvalue weighted by atomic mass is 10.1. The van der Waals surface area contributed by atoms with Gasteiger partial charge >= 0.3 is 6.09 Å². The maximum absolute atomic E-state index is 10.6. The third-order valence-electron chi connectivity index (χ3n) is 1.93. The number of carbonyl (C=O) groups excluding carboxylic acids is 1. The standard InChI is InChI=1S/C10H20NO2/c1-3-4-5-6-7-8-9-11-10(12)13-2/h2-9H2,1H3,(H,11,12). The Labute approximate surface area is 80.8 Å². The SMILES string of the molecule is [CH2]OC(=O)NCCCCCCCC. The number of nitrogens with one attached hydrogen (secondary N) is 1. The van der Waals surface area contributed by atoms with Crippen molar-refractivity contribution in [2.75, 3.05) is 6.54 Å². The van der Waals surface area contributed by atoms with Crippen LogP contribution in [0, 0.1) is 7.11 Å². The van der Waals surface area contributed by atoms with Crippen molar-refractivity contribution in [1.29, 1.82) is 0 Å². The first-order chi connectivity index (χ1) is 6.31. The molecular formula is C10H20NO2. The normalized spacial score (nSPS) is 9.69. The molecule has 0 spiro atoms. The molecule has 1 radical (unpaired) electrons. The molecule has 0 unspecified atom stereocenters. The lowest BCUT2D eigenvalue weighted by molar-refractivity contribution is 0.183. The van der Waals surface area contributed by atoms with Gasteiger partial charge in [-0.25, -0.2) is 4.79 Å². The Balaban J connectivity index is 2.95. The smallest absolute Gasteiger partial charge is 0.407 e. The van der Waals surface area contributed by atoms with Crippen LogP contribution in [0.5, 0.6) is 0 Å². The van der Waals surface area contributed by atoms with Crippen molar-refractivity contribution in [2.45, 2.75) is 45.4 Å².